The molecule has 1 aliphatic heterocycles. The fourth-order valence-electron chi connectivity index (χ4n) is 2.90. The van der Waals surface area contributed by atoms with E-state index in [9.17, 15) is 18.0 Å². The summed E-state index contributed by atoms with van der Waals surface area (Å²) in [5.41, 5.74) is 1.99. The zero-order valence-electron chi connectivity index (χ0n) is 15.7. The number of nitrogens with one attached hydrogen (secondary N) is 2. The molecule has 0 aliphatic carbocycles. The summed E-state index contributed by atoms with van der Waals surface area (Å²) in [5, 5.41) is 5.37. The van der Waals surface area contributed by atoms with Gasteiger partial charge in [-0.15, -0.1) is 0 Å². The highest BCUT2D eigenvalue weighted by Crippen LogP contribution is 2.31. The second kappa shape index (κ2) is 8.72. The van der Waals surface area contributed by atoms with Crippen LogP contribution >= 0.6 is 34.8 Å². The van der Waals surface area contributed by atoms with Crippen LogP contribution in [0.25, 0.3) is 0 Å². The van der Waals surface area contributed by atoms with Crippen molar-refractivity contribution in [1.29, 1.82) is 0 Å². The Balaban J connectivity index is 1.69. The maximum absolute atomic E-state index is 12.6. The second-order valence-electron chi connectivity index (χ2n) is 6.72. The van der Waals surface area contributed by atoms with Crippen LogP contribution in [-0.4, -0.2) is 41.0 Å². The topological polar surface area (TPSA) is 95.6 Å². The number of fused-ring (bicyclic) bond motifs is 1. The van der Waals surface area contributed by atoms with E-state index < -0.39 is 38.3 Å². The Morgan fingerprint density at radius 1 is 1.10 bits per heavy atom. The third-order valence-electron chi connectivity index (χ3n) is 4.46. The lowest BCUT2D eigenvalue weighted by Gasteiger charge is -2.27. The minimum Gasteiger partial charge on any atom is -0.335 e. The van der Waals surface area contributed by atoms with Gasteiger partial charge in [0, 0.05) is 6.54 Å². The molecule has 2 aromatic rings. The molecule has 3 rings (SSSR count). The van der Waals surface area contributed by atoms with E-state index in [2.05, 4.69) is 10.6 Å². The first-order valence-electron chi connectivity index (χ1n) is 8.81. The fourth-order valence-corrected chi connectivity index (χ4v) is 4.82. The number of hydrogen-bond acceptors (Lipinski definition) is 5. The van der Waals surface area contributed by atoms with E-state index in [4.69, 9.17) is 34.8 Å². The van der Waals surface area contributed by atoms with Gasteiger partial charge in [0.25, 0.3) is 15.9 Å². The Kier molecular flexibility index (Phi) is 6.64. The molecule has 0 aromatic heterocycles. The third kappa shape index (κ3) is 4.90. The van der Waals surface area contributed by atoms with Crippen LogP contribution in [0.2, 0.25) is 0 Å². The summed E-state index contributed by atoms with van der Waals surface area (Å²) in [5.74, 6) is -1.58. The molecule has 0 saturated heterocycles. The molecular weight excluding hydrogens is 473 g/mol. The van der Waals surface area contributed by atoms with Gasteiger partial charge in [-0.25, -0.2) is 12.7 Å². The fraction of sp³-hybridized carbons (Fsp3) is 0.263. The molecule has 2 aromatic carbocycles. The van der Waals surface area contributed by atoms with Crippen molar-refractivity contribution in [2.45, 2.75) is 28.3 Å². The Morgan fingerprint density at radius 3 is 2.33 bits per heavy atom. The van der Waals surface area contributed by atoms with E-state index in [0.29, 0.717) is 4.31 Å². The first kappa shape index (κ1) is 22.8. The Labute approximate surface area is 189 Å². The summed E-state index contributed by atoms with van der Waals surface area (Å²) in [6, 6.07) is 13.3. The number of alkyl halides is 3. The molecule has 1 heterocycles. The normalized spacial score (nSPS) is 16.3. The highest BCUT2D eigenvalue weighted by Gasteiger charge is 2.42. The maximum Gasteiger partial charge on any atom is 0.269 e. The average molecular weight is 491 g/mol. The summed E-state index contributed by atoms with van der Waals surface area (Å²) >= 11 is 17.9. The number of amides is 2. The number of halogens is 3. The van der Waals surface area contributed by atoms with Gasteiger partial charge in [-0.2, -0.15) is 0 Å². The molecule has 11 heteroatoms. The molecule has 160 valence electrons. The molecule has 1 unspecified atom stereocenters. The quantitative estimate of drug-likeness (QED) is 0.479. The lowest BCUT2D eigenvalue weighted by molar-refractivity contribution is -0.121. The molecule has 0 fully saturated rings. The van der Waals surface area contributed by atoms with Crippen LogP contribution < -0.4 is 10.6 Å². The van der Waals surface area contributed by atoms with Gasteiger partial charge >= 0.3 is 0 Å². The van der Waals surface area contributed by atoms with Gasteiger partial charge in [-0.1, -0.05) is 76.8 Å². The molecule has 0 radical (unpaired) electrons. The summed E-state index contributed by atoms with van der Waals surface area (Å²) < 4.78 is 23.7. The van der Waals surface area contributed by atoms with Gasteiger partial charge in [0.2, 0.25) is 9.70 Å². The Bertz CT molecular complexity index is 1070. The van der Waals surface area contributed by atoms with Crippen molar-refractivity contribution in [1.82, 2.24) is 14.9 Å². The number of nitrogens with zero attached hydrogens (tertiary/aromatic N) is 1. The number of aryl methyl sites for hydroxylation is 1. The molecular formula is C19H18Cl3N3O4S. The zero-order chi connectivity index (χ0) is 22.1. The van der Waals surface area contributed by atoms with Crippen molar-refractivity contribution in [2.24, 2.45) is 0 Å². The SMILES string of the molecule is Cc1ccc(CNC(NC(=O)CN2C(=O)c3ccccc3S2(=O)=O)C(Cl)(Cl)Cl)cc1. The van der Waals surface area contributed by atoms with Crippen LogP contribution in [0.15, 0.2) is 53.4 Å². The van der Waals surface area contributed by atoms with E-state index >= 15 is 0 Å². The molecule has 7 nitrogen and oxygen atoms in total. The Morgan fingerprint density at radius 2 is 1.73 bits per heavy atom. The molecule has 2 amide bonds. The Hall–Kier alpha value is -1.84. The first-order chi connectivity index (χ1) is 14.0. The molecule has 30 heavy (non-hydrogen) atoms. The van der Waals surface area contributed by atoms with Gasteiger partial charge in [-0.05, 0) is 24.6 Å². The minimum atomic E-state index is -4.12. The average Bonchev–Trinajstić information content (AvgIpc) is 2.86. The number of carbonyl (C=O) groups is 2. The smallest absolute Gasteiger partial charge is 0.269 e. The standard InChI is InChI=1S/C19H18Cl3N3O4S/c1-12-6-8-13(9-7-12)10-23-18(19(20,21)22)24-16(26)11-25-17(27)14-4-2-3-5-15(14)30(25,28)29/h2-9,18,23H,10-11H2,1H3,(H,24,26). The summed E-state index contributed by atoms with van der Waals surface area (Å²) in [6.45, 7) is 1.50. The van der Waals surface area contributed by atoms with E-state index in [1.165, 1.54) is 18.2 Å². The van der Waals surface area contributed by atoms with Crippen LogP contribution in [-0.2, 0) is 21.4 Å². The predicted molar refractivity (Wildman–Crippen MR) is 115 cm³/mol. The predicted octanol–water partition coefficient (Wildman–Crippen LogP) is 2.74. The number of benzene rings is 2. The van der Waals surface area contributed by atoms with Crippen molar-refractivity contribution in [3.05, 3.63) is 65.2 Å². The highest BCUT2D eigenvalue weighted by molar-refractivity contribution is 7.90. The van der Waals surface area contributed by atoms with Crippen LogP contribution in [0, 0.1) is 6.92 Å². The van der Waals surface area contributed by atoms with E-state index in [0.717, 1.165) is 11.1 Å². The van der Waals surface area contributed by atoms with Crippen LogP contribution in [0.1, 0.15) is 21.5 Å². The first-order valence-corrected chi connectivity index (χ1v) is 11.4. The lowest BCUT2D eigenvalue weighted by Crippen LogP contribution is -2.55. The second-order valence-corrected chi connectivity index (χ2v) is 10.9. The van der Waals surface area contributed by atoms with Gasteiger partial charge in [0.05, 0.1) is 5.56 Å². The zero-order valence-corrected chi connectivity index (χ0v) is 18.8. The van der Waals surface area contributed by atoms with Gasteiger partial charge < -0.3 is 5.32 Å². The molecule has 1 atom stereocenters. The molecule has 0 spiro atoms. The highest BCUT2D eigenvalue weighted by atomic mass is 35.6. The largest absolute Gasteiger partial charge is 0.335 e. The summed E-state index contributed by atoms with van der Waals surface area (Å²) in [4.78, 5) is 24.8. The summed E-state index contributed by atoms with van der Waals surface area (Å²) in [6.07, 6.45) is -1.13. The van der Waals surface area contributed by atoms with Gasteiger partial charge in [0.15, 0.2) is 0 Å². The van der Waals surface area contributed by atoms with Crippen molar-refractivity contribution in [2.75, 3.05) is 6.54 Å². The summed E-state index contributed by atoms with van der Waals surface area (Å²) in [7, 11) is -4.12. The molecule has 0 saturated carbocycles. The van der Waals surface area contributed by atoms with Gasteiger partial charge in [-0.3, -0.25) is 14.9 Å². The number of sulfonamides is 1. The van der Waals surface area contributed by atoms with Crippen molar-refractivity contribution < 1.29 is 18.0 Å². The number of rotatable bonds is 6. The number of hydrogen-bond donors (Lipinski definition) is 2. The molecule has 2 N–H and O–H groups in total. The van der Waals surface area contributed by atoms with E-state index in [-0.39, 0.29) is 17.0 Å². The molecule has 1 aliphatic rings. The maximum atomic E-state index is 12.6. The third-order valence-corrected chi connectivity index (χ3v) is 6.90. The number of carbonyl (C=O) groups excluding carboxylic acids is 2. The monoisotopic (exact) mass is 489 g/mol. The van der Waals surface area contributed by atoms with Gasteiger partial charge in [0.1, 0.15) is 17.6 Å². The van der Waals surface area contributed by atoms with E-state index in [1.807, 2.05) is 31.2 Å². The van der Waals surface area contributed by atoms with Crippen LogP contribution in [0.5, 0.6) is 0 Å². The van der Waals surface area contributed by atoms with E-state index in [1.54, 1.807) is 6.07 Å². The van der Waals surface area contributed by atoms with Crippen molar-refractivity contribution in [3.63, 3.8) is 0 Å². The van der Waals surface area contributed by atoms with Crippen LogP contribution in [0.3, 0.4) is 0 Å². The molecule has 0 bridgehead atoms. The van der Waals surface area contributed by atoms with Crippen molar-refractivity contribution >= 4 is 56.6 Å². The lowest BCUT2D eigenvalue weighted by atomic mass is 10.1. The van der Waals surface area contributed by atoms with Crippen LogP contribution in [0.4, 0.5) is 0 Å². The minimum absolute atomic E-state index is 0.0146. The van der Waals surface area contributed by atoms with Crippen molar-refractivity contribution in [3.8, 4) is 0 Å².